The van der Waals surface area contributed by atoms with Gasteiger partial charge in [-0.05, 0) is 36.3 Å². The molecule has 0 radical (unpaired) electrons. The molecule has 0 amide bonds. The van der Waals surface area contributed by atoms with Crippen molar-refractivity contribution in [2.75, 3.05) is 13.2 Å². The summed E-state index contributed by atoms with van der Waals surface area (Å²) < 4.78 is 5.56. The third kappa shape index (κ3) is 3.56. The van der Waals surface area contributed by atoms with Crippen LogP contribution < -0.4 is 0 Å². The van der Waals surface area contributed by atoms with Gasteiger partial charge in [0.25, 0.3) is 0 Å². The standard InChI is InChI=1S/C15H21BrO/c1-2-4-12-6-8-13(9-7-12)15(16)14-5-3-10-17-11-14/h6-9,14-15H,2-5,10-11H2,1H3. The van der Waals surface area contributed by atoms with Crippen LogP contribution in [0.4, 0.5) is 0 Å². The lowest BCUT2D eigenvalue weighted by molar-refractivity contribution is 0.0546. The number of alkyl halides is 1. The molecule has 0 aromatic heterocycles. The zero-order valence-electron chi connectivity index (χ0n) is 10.5. The van der Waals surface area contributed by atoms with Crippen molar-refractivity contribution in [1.82, 2.24) is 0 Å². The maximum atomic E-state index is 5.56. The number of aryl methyl sites for hydroxylation is 1. The molecule has 0 saturated carbocycles. The predicted octanol–water partition coefficient (Wildman–Crippen LogP) is 4.50. The van der Waals surface area contributed by atoms with Crippen LogP contribution in [0.5, 0.6) is 0 Å². The van der Waals surface area contributed by atoms with Gasteiger partial charge in [0.2, 0.25) is 0 Å². The molecule has 2 atom stereocenters. The highest BCUT2D eigenvalue weighted by molar-refractivity contribution is 9.09. The van der Waals surface area contributed by atoms with Crippen molar-refractivity contribution in [3.05, 3.63) is 35.4 Å². The molecular weight excluding hydrogens is 276 g/mol. The molecule has 1 aliphatic heterocycles. The van der Waals surface area contributed by atoms with E-state index in [4.69, 9.17) is 4.74 Å². The van der Waals surface area contributed by atoms with Crippen LogP contribution >= 0.6 is 15.9 Å². The van der Waals surface area contributed by atoms with E-state index in [0.717, 1.165) is 13.2 Å². The van der Waals surface area contributed by atoms with E-state index in [0.29, 0.717) is 10.7 Å². The van der Waals surface area contributed by atoms with Gasteiger partial charge in [0.15, 0.2) is 0 Å². The molecule has 1 nitrogen and oxygen atoms in total. The van der Waals surface area contributed by atoms with E-state index >= 15 is 0 Å². The fourth-order valence-electron chi connectivity index (χ4n) is 2.43. The summed E-state index contributed by atoms with van der Waals surface area (Å²) in [5.74, 6) is 0.626. The highest BCUT2D eigenvalue weighted by Crippen LogP contribution is 2.35. The molecule has 0 N–H and O–H groups in total. The Balaban J connectivity index is 2.00. The average molecular weight is 297 g/mol. The van der Waals surface area contributed by atoms with Crippen molar-refractivity contribution in [2.45, 2.75) is 37.4 Å². The number of hydrogen-bond donors (Lipinski definition) is 0. The molecule has 1 aromatic carbocycles. The Bertz CT molecular complexity index is 327. The normalized spacial score (nSPS) is 22.4. The molecule has 1 fully saturated rings. The number of ether oxygens (including phenoxy) is 1. The Morgan fingerprint density at radius 2 is 2.12 bits per heavy atom. The van der Waals surface area contributed by atoms with Gasteiger partial charge in [0, 0.05) is 11.4 Å². The predicted molar refractivity (Wildman–Crippen MR) is 75.6 cm³/mol. The number of benzene rings is 1. The van der Waals surface area contributed by atoms with Crippen molar-refractivity contribution >= 4 is 15.9 Å². The first-order chi connectivity index (χ1) is 8.31. The number of halogens is 1. The van der Waals surface area contributed by atoms with Crippen molar-refractivity contribution < 1.29 is 4.74 Å². The molecule has 1 heterocycles. The van der Waals surface area contributed by atoms with E-state index in [9.17, 15) is 0 Å². The van der Waals surface area contributed by atoms with Crippen LogP contribution in [0.3, 0.4) is 0 Å². The molecular formula is C15H21BrO. The fourth-order valence-corrected chi connectivity index (χ4v) is 3.15. The molecule has 0 bridgehead atoms. The van der Waals surface area contributed by atoms with Gasteiger partial charge in [-0.3, -0.25) is 0 Å². The number of rotatable bonds is 4. The Kier molecular flexibility index (Phi) is 5.05. The first kappa shape index (κ1) is 13.1. The summed E-state index contributed by atoms with van der Waals surface area (Å²) in [6.07, 6.45) is 4.86. The fraction of sp³-hybridized carbons (Fsp3) is 0.600. The third-order valence-electron chi connectivity index (χ3n) is 3.45. The van der Waals surface area contributed by atoms with Gasteiger partial charge < -0.3 is 4.74 Å². The van der Waals surface area contributed by atoms with Crippen LogP contribution in [0.25, 0.3) is 0 Å². The second-order valence-corrected chi connectivity index (χ2v) is 5.86. The lowest BCUT2D eigenvalue weighted by atomic mass is 9.93. The molecule has 1 saturated heterocycles. The second kappa shape index (κ2) is 6.55. The molecule has 1 aromatic rings. The summed E-state index contributed by atoms with van der Waals surface area (Å²) in [6.45, 7) is 4.05. The minimum Gasteiger partial charge on any atom is -0.381 e. The van der Waals surface area contributed by atoms with E-state index < -0.39 is 0 Å². The summed E-state index contributed by atoms with van der Waals surface area (Å²) in [4.78, 5) is 0.443. The second-order valence-electron chi connectivity index (χ2n) is 4.87. The minimum absolute atomic E-state index is 0.443. The largest absolute Gasteiger partial charge is 0.381 e. The monoisotopic (exact) mass is 296 g/mol. The summed E-state index contributed by atoms with van der Waals surface area (Å²) in [6, 6.07) is 9.05. The van der Waals surface area contributed by atoms with Crippen LogP contribution in [-0.4, -0.2) is 13.2 Å². The van der Waals surface area contributed by atoms with Crippen LogP contribution in [0.1, 0.15) is 42.1 Å². The Labute approximate surface area is 113 Å². The SMILES string of the molecule is CCCc1ccc(C(Br)C2CCCOC2)cc1. The molecule has 2 unspecified atom stereocenters. The summed E-state index contributed by atoms with van der Waals surface area (Å²) in [5.41, 5.74) is 2.83. The topological polar surface area (TPSA) is 9.23 Å². The van der Waals surface area contributed by atoms with E-state index in [1.54, 1.807) is 0 Å². The lowest BCUT2D eigenvalue weighted by Gasteiger charge is -2.26. The van der Waals surface area contributed by atoms with Crippen LogP contribution in [0.2, 0.25) is 0 Å². The van der Waals surface area contributed by atoms with E-state index in [1.165, 1.54) is 36.8 Å². The first-order valence-corrected chi connectivity index (χ1v) is 7.53. The van der Waals surface area contributed by atoms with Crippen molar-refractivity contribution in [3.63, 3.8) is 0 Å². The van der Waals surface area contributed by atoms with Gasteiger partial charge >= 0.3 is 0 Å². The minimum atomic E-state index is 0.443. The zero-order chi connectivity index (χ0) is 12.1. The molecule has 94 valence electrons. The first-order valence-electron chi connectivity index (χ1n) is 6.62. The average Bonchev–Trinajstić information content (AvgIpc) is 2.40. The van der Waals surface area contributed by atoms with Crippen LogP contribution in [0, 0.1) is 5.92 Å². The third-order valence-corrected chi connectivity index (χ3v) is 4.72. The Morgan fingerprint density at radius 3 is 2.71 bits per heavy atom. The van der Waals surface area contributed by atoms with Crippen LogP contribution in [0.15, 0.2) is 24.3 Å². The van der Waals surface area contributed by atoms with E-state index in [-0.39, 0.29) is 0 Å². The van der Waals surface area contributed by atoms with Gasteiger partial charge in [-0.2, -0.15) is 0 Å². The summed E-state index contributed by atoms with van der Waals surface area (Å²) in [5, 5.41) is 0. The Hall–Kier alpha value is -0.340. The maximum absolute atomic E-state index is 5.56. The van der Waals surface area contributed by atoms with Gasteiger partial charge in [-0.25, -0.2) is 0 Å². The summed E-state index contributed by atoms with van der Waals surface area (Å²) in [7, 11) is 0. The van der Waals surface area contributed by atoms with Crippen molar-refractivity contribution in [2.24, 2.45) is 5.92 Å². The summed E-state index contributed by atoms with van der Waals surface area (Å²) >= 11 is 3.83. The van der Waals surface area contributed by atoms with Gasteiger partial charge in [-0.15, -0.1) is 0 Å². The quantitative estimate of drug-likeness (QED) is 0.743. The van der Waals surface area contributed by atoms with Crippen molar-refractivity contribution in [1.29, 1.82) is 0 Å². The zero-order valence-corrected chi connectivity index (χ0v) is 12.1. The highest BCUT2D eigenvalue weighted by atomic mass is 79.9. The number of hydrogen-bond acceptors (Lipinski definition) is 1. The smallest absolute Gasteiger partial charge is 0.0508 e. The maximum Gasteiger partial charge on any atom is 0.0508 e. The van der Waals surface area contributed by atoms with E-state index in [2.05, 4.69) is 47.1 Å². The van der Waals surface area contributed by atoms with Gasteiger partial charge in [0.1, 0.15) is 0 Å². The lowest BCUT2D eigenvalue weighted by Crippen LogP contribution is -2.20. The highest BCUT2D eigenvalue weighted by Gasteiger charge is 2.23. The molecule has 17 heavy (non-hydrogen) atoms. The van der Waals surface area contributed by atoms with Crippen molar-refractivity contribution in [3.8, 4) is 0 Å². The molecule has 0 spiro atoms. The Morgan fingerprint density at radius 1 is 1.35 bits per heavy atom. The van der Waals surface area contributed by atoms with E-state index in [1.807, 2.05) is 0 Å². The molecule has 1 aliphatic rings. The van der Waals surface area contributed by atoms with Gasteiger partial charge in [0.05, 0.1) is 6.61 Å². The molecule has 2 heteroatoms. The molecule has 2 rings (SSSR count). The molecule has 0 aliphatic carbocycles. The van der Waals surface area contributed by atoms with Gasteiger partial charge in [-0.1, -0.05) is 53.5 Å². The van der Waals surface area contributed by atoms with Crippen LogP contribution in [-0.2, 0) is 11.2 Å².